The number of ether oxygens (including phenoxy) is 2. The maximum absolute atomic E-state index is 13.4. The van der Waals surface area contributed by atoms with Gasteiger partial charge in [0, 0.05) is 18.7 Å². The minimum absolute atomic E-state index is 0.0776. The lowest BCUT2D eigenvalue weighted by molar-refractivity contribution is -0.140. The highest BCUT2D eigenvalue weighted by molar-refractivity contribution is 6.46. The second-order valence-corrected chi connectivity index (χ2v) is 9.80. The van der Waals surface area contributed by atoms with Crippen LogP contribution in [0.1, 0.15) is 49.1 Å². The van der Waals surface area contributed by atoms with Crippen molar-refractivity contribution in [1.29, 1.82) is 0 Å². The Balaban J connectivity index is 1.76. The predicted molar refractivity (Wildman–Crippen MR) is 156 cm³/mol. The van der Waals surface area contributed by atoms with Crippen LogP contribution in [0.15, 0.2) is 78.4 Å². The number of rotatable bonds is 12. The van der Waals surface area contributed by atoms with Gasteiger partial charge in [0.15, 0.2) is 11.5 Å². The van der Waals surface area contributed by atoms with Gasteiger partial charge in [-0.2, -0.15) is 0 Å². The van der Waals surface area contributed by atoms with E-state index < -0.39 is 17.7 Å². The van der Waals surface area contributed by atoms with Crippen molar-refractivity contribution in [3.8, 4) is 11.5 Å². The van der Waals surface area contributed by atoms with E-state index in [2.05, 4.69) is 18.7 Å². The summed E-state index contributed by atoms with van der Waals surface area (Å²) in [6.07, 6.45) is 0. The van der Waals surface area contributed by atoms with Gasteiger partial charge < -0.3 is 24.4 Å². The number of nitrogens with zero attached hydrogens (tertiary/aromatic N) is 2. The van der Waals surface area contributed by atoms with Crippen LogP contribution < -0.4 is 9.47 Å². The summed E-state index contributed by atoms with van der Waals surface area (Å²) < 4.78 is 12.0. The van der Waals surface area contributed by atoms with E-state index in [1.807, 2.05) is 68.4 Å². The number of hydrogen-bond donors (Lipinski definition) is 1. The number of Topliss-reactive ketones (excluding diaryl/α,β-unsaturated/α-hetero) is 1. The molecule has 0 aliphatic carbocycles. The molecule has 40 heavy (non-hydrogen) atoms. The van der Waals surface area contributed by atoms with E-state index in [0.29, 0.717) is 48.9 Å². The molecule has 4 rings (SSSR count). The van der Waals surface area contributed by atoms with Crippen LogP contribution in [0.2, 0.25) is 0 Å². The SMILES string of the molecule is CCOc1cc(C2C(=C(O)c3ccc(C)cc3)C(=O)C(=O)N2CCN(CC)CC)ccc1OCc1ccccc1. The number of likely N-dealkylation sites (N-methyl/N-ethyl adjacent to an activating group) is 1. The first-order valence-corrected chi connectivity index (χ1v) is 13.9. The van der Waals surface area contributed by atoms with Crippen LogP contribution in [-0.2, 0) is 16.2 Å². The van der Waals surface area contributed by atoms with E-state index in [4.69, 9.17) is 9.47 Å². The van der Waals surface area contributed by atoms with Crippen LogP contribution in [-0.4, -0.2) is 59.4 Å². The second kappa shape index (κ2) is 13.3. The number of aliphatic hydroxyl groups is 1. The molecule has 3 aromatic carbocycles. The summed E-state index contributed by atoms with van der Waals surface area (Å²) in [5.41, 5.74) is 3.29. The van der Waals surface area contributed by atoms with Crippen molar-refractivity contribution in [3.05, 3.63) is 101 Å². The number of ketones is 1. The lowest BCUT2D eigenvalue weighted by Crippen LogP contribution is -2.38. The average Bonchev–Trinajstić information content (AvgIpc) is 3.23. The van der Waals surface area contributed by atoms with Crippen molar-refractivity contribution in [1.82, 2.24) is 9.80 Å². The van der Waals surface area contributed by atoms with Crippen molar-refractivity contribution in [3.63, 3.8) is 0 Å². The zero-order valence-electron chi connectivity index (χ0n) is 23.7. The number of hydrogen-bond acceptors (Lipinski definition) is 6. The zero-order chi connectivity index (χ0) is 28.6. The number of benzene rings is 3. The van der Waals surface area contributed by atoms with Crippen LogP contribution >= 0.6 is 0 Å². The van der Waals surface area contributed by atoms with Crippen LogP contribution in [0.5, 0.6) is 11.5 Å². The summed E-state index contributed by atoms with van der Waals surface area (Å²) >= 11 is 0. The number of carbonyl (C=O) groups excluding carboxylic acids is 2. The highest BCUT2D eigenvalue weighted by Crippen LogP contribution is 2.42. The Kier molecular flexibility index (Phi) is 9.61. The molecule has 1 atom stereocenters. The summed E-state index contributed by atoms with van der Waals surface area (Å²) in [6, 6.07) is 21.8. The maximum Gasteiger partial charge on any atom is 0.295 e. The Hall–Kier alpha value is -4.10. The first-order valence-electron chi connectivity index (χ1n) is 13.9. The molecule has 0 spiro atoms. The van der Waals surface area contributed by atoms with Gasteiger partial charge >= 0.3 is 0 Å². The summed E-state index contributed by atoms with van der Waals surface area (Å²) in [7, 11) is 0. The number of carbonyl (C=O) groups is 2. The van der Waals surface area contributed by atoms with Gasteiger partial charge in [0.25, 0.3) is 11.7 Å². The Morgan fingerprint density at radius 2 is 1.60 bits per heavy atom. The number of likely N-dealkylation sites (tertiary alicyclic amines) is 1. The Labute approximate surface area is 236 Å². The minimum atomic E-state index is -0.765. The number of amides is 1. The third-order valence-corrected chi connectivity index (χ3v) is 7.24. The normalized spacial score (nSPS) is 16.5. The van der Waals surface area contributed by atoms with E-state index in [0.717, 1.165) is 24.2 Å². The topological polar surface area (TPSA) is 79.3 Å². The average molecular weight is 543 g/mol. The van der Waals surface area contributed by atoms with Crippen molar-refractivity contribution in [2.75, 3.05) is 32.8 Å². The third-order valence-electron chi connectivity index (χ3n) is 7.24. The van der Waals surface area contributed by atoms with Gasteiger partial charge in [-0.25, -0.2) is 0 Å². The van der Waals surface area contributed by atoms with Crippen molar-refractivity contribution in [2.45, 2.75) is 40.3 Å². The van der Waals surface area contributed by atoms with E-state index in [-0.39, 0.29) is 11.3 Å². The highest BCUT2D eigenvalue weighted by Gasteiger charge is 2.46. The number of aliphatic hydroxyl groups excluding tert-OH is 1. The molecule has 0 saturated carbocycles. The fourth-order valence-electron chi connectivity index (χ4n) is 4.93. The lowest BCUT2D eigenvalue weighted by Gasteiger charge is -2.28. The quantitative estimate of drug-likeness (QED) is 0.179. The standard InChI is InChI=1S/C33H38N2O5/c1-5-34(6-2)19-20-35-30(29(32(37)33(35)38)31(36)25-15-13-23(4)14-16-25)26-17-18-27(28(21-26)39-7-3)40-22-24-11-9-8-10-12-24/h8-18,21,30,36H,5-7,19-20,22H2,1-4H3. The molecule has 1 amide bonds. The minimum Gasteiger partial charge on any atom is -0.507 e. The van der Waals surface area contributed by atoms with E-state index in [1.54, 1.807) is 23.1 Å². The van der Waals surface area contributed by atoms with Gasteiger partial charge in [-0.05, 0) is 50.2 Å². The third kappa shape index (κ3) is 6.37. The largest absolute Gasteiger partial charge is 0.507 e. The van der Waals surface area contributed by atoms with Gasteiger partial charge in [-0.15, -0.1) is 0 Å². The van der Waals surface area contributed by atoms with E-state index in [9.17, 15) is 14.7 Å². The summed E-state index contributed by atoms with van der Waals surface area (Å²) in [5.74, 6) is -0.414. The zero-order valence-corrected chi connectivity index (χ0v) is 23.7. The summed E-state index contributed by atoms with van der Waals surface area (Å²) in [5, 5.41) is 11.4. The molecule has 0 aromatic heterocycles. The molecule has 0 bridgehead atoms. The van der Waals surface area contributed by atoms with Crippen LogP contribution in [0.3, 0.4) is 0 Å². The van der Waals surface area contributed by atoms with Crippen LogP contribution in [0.4, 0.5) is 0 Å². The molecule has 7 nitrogen and oxygen atoms in total. The van der Waals surface area contributed by atoms with E-state index >= 15 is 0 Å². The Morgan fingerprint density at radius 1 is 0.900 bits per heavy atom. The molecule has 1 aliphatic heterocycles. The van der Waals surface area contributed by atoms with Gasteiger partial charge in [0.1, 0.15) is 12.4 Å². The lowest BCUT2D eigenvalue weighted by atomic mass is 9.94. The van der Waals surface area contributed by atoms with Gasteiger partial charge in [0.05, 0.1) is 18.2 Å². The molecule has 1 heterocycles. The first-order chi connectivity index (χ1) is 19.4. The van der Waals surface area contributed by atoms with Gasteiger partial charge in [-0.1, -0.05) is 80.1 Å². The van der Waals surface area contributed by atoms with Crippen molar-refractivity contribution >= 4 is 17.4 Å². The summed E-state index contributed by atoms with van der Waals surface area (Å²) in [4.78, 5) is 30.6. The molecule has 210 valence electrons. The van der Waals surface area contributed by atoms with E-state index in [1.165, 1.54) is 0 Å². The van der Waals surface area contributed by atoms with Crippen molar-refractivity contribution in [2.24, 2.45) is 0 Å². The molecule has 1 fully saturated rings. The maximum atomic E-state index is 13.4. The van der Waals surface area contributed by atoms with Crippen LogP contribution in [0, 0.1) is 6.92 Å². The Bertz CT molecular complexity index is 1350. The summed E-state index contributed by atoms with van der Waals surface area (Å²) in [6.45, 7) is 11.4. The fourth-order valence-corrected chi connectivity index (χ4v) is 4.93. The second-order valence-electron chi connectivity index (χ2n) is 9.80. The molecule has 1 unspecified atom stereocenters. The number of aryl methyl sites for hydroxylation is 1. The van der Waals surface area contributed by atoms with Gasteiger partial charge in [0.2, 0.25) is 0 Å². The fraction of sp³-hybridized carbons (Fsp3) is 0.333. The molecule has 1 saturated heterocycles. The van der Waals surface area contributed by atoms with Crippen molar-refractivity contribution < 1.29 is 24.2 Å². The first kappa shape index (κ1) is 28.9. The monoisotopic (exact) mass is 542 g/mol. The molecular weight excluding hydrogens is 504 g/mol. The molecule has 1 aliphatic rings. The predicted octanol–water partition coefficient (Wildman–Crippen LogP) is 5.74. The highest BCUT2D eigenvalue weighted by atomic mass is 16.5. The Morgan fingerprint density at radius 3 is 2.25 bits per heavy atom. The molecular formula is C33H38N2O5. The molecule has 7 heteroatoms. The molecule has 3 aromatic rings. The molecule has 1 N–H and O–H groups in total. The van der Waals surface area contributed by atoms with Gasteiger partial charge in [-0.3, -0.25) is 9.59 Å². The smallest absolute Gasteiger partial charge is 0.295 e. The van der Waals surface area contributed by atoms with Crippen LogP contribution in [0.25, 0.3) is 5.76 Å². The molecule has 0 radical (unpaired) electrons.